The van der Waals surface area contributed by atoms with Gasteiger partial charge in [0.15, 0.2) is 10.0 Å². The zero-order valence-electron chi connectivity index (χ0n) is 14.8. The molecule has 29 heavy (non-hydrogen) atoms. The van der Waals surface area contributed by atoms with Gasteiger partial charge in [0, 0.05) is 10.7 Å². The molecule has 1 aromatic rings. The van der Waals surface area contributed by atoms with E-state index in [0.29, 0.717) is 17.9 Å². The van der Waals surface area contributed by atoms with Crippen molar-refractivity contribution in [3.8, 4) is 0 Å². The standard InChI is InChI=1S/C17H16F3I3NO4S/c18-17(19,20)29(26,27)24-4-3-16(8-9-1-2-10(16)5-9)28-15(25)12-6-11(21)7-13(22)14(12)23/h6-7,9-10H,1-5,8H2/q-1. The Labute approximate surface area is 207 Å². The molecule has 2 bridgehead atoms. The SMILES string of the molecule is O=C(OC1(CC[N-]S(=O)(=O)C(F)(F)F)CC2CCC1C2)c1cc(I)cc(I)c1I. The van der Waals surface area contributed by atoms with Crippen molar-refractivity contribution < 1.29 is 31.1 Å². The van der Waals surface area contributed by atoms with E-state index in [-0.39, 0.29) is 12.3 Å². The van der Waals surface area contributed by atoms with Crippen LogP contribution in [-0.4, -0.2) is 32.0 Å². The molecule has 2 saturated carbocycles. The monoisotopic (exact) mass is 768 g/mol. The summed E-state index contributed by atoms with van der Waals surface area (Å²) in [4.78, 5) is 13.0. The van der Waals surface area contributed by atoms with E-state index in [9.17, 15) is 26.4 Å². The summed E-state index contributed by atoms with van der Waals surface area (Å²) in [5.74, 6) is -0.182. The lowest BCUT2D eigenvalue weighted by atomic mass is 9.81. The molecule has 12 heteroatoms. The lowest BCUT2D eigenvalue weighted by Gasteiger charge is -2.39. The van der Waals surface area contributed by atoms with E-state index in [1.54, 1.807) is 6.07 Å². The molecule has 162 valence electrons. The Morgan fingerprint density at radius 3 is 2.48 bits per heavy atom. The molecule has 2 aliphatic carbocycles. The first kappa shape index (κ1) is 24.2. The van der Waals surface area contributed by atoms with Crippen molar-refractivity contribution in [3.63, 3.8) is 0 Å². The average Bonchev–Trinajstić information content (AvgIpc) is 3.18. The lowest BCUT2D eigenvalue weighted by Crippen LogP contribution is -2.41. The molecule has 5 nitrogen and oxygen atoms in total. The Morgan fingerprint density at radius 2 is 1.93 bits per heavy atom. The van der Waals surface area contributed by atoms with E-state index in [1.807, 2.05) is 6.07 Å². The van der Waals surface area contributed by atoms with Crippen molar-refractivity contribution in [2.45, 2.75) is 43.2 Å². The van der Waals surface area contributed by atoms with Crippen LogP contribution in [0.4, 0.5) is 13.2 Å². The fraction of sp³-hybridized carbons (Fsp3) is 0.588. The first-order valence-electron chi connectivity index (χ1n) is 8.72. The molecule has 2 fully saturated rings. The molecule has 0 heterocycles. The van der Waals surface area contributed by atoms with Crippen molar-refractivity contribution in [1.82, 2.24) is 0 Å². The maximum Gasteiger partial charge on any atom is 0.480 e. The van der Waals surface area contributed by atoms with Gasteiger partial charge in [-0.1, -0.05) is 0 Å². The second-order valence-electron chi connectivity index (χ2n) is 7.31. The molecule has 0 amide bonds. The summed E-state index contributed by atoms with van der Waals surface area (Å²) in [7, 11) is -5.55. The average molecular weight is 768 g/mol. The van der Waals surface area contributed by atoms with Crippen LogP contribution in [0.3, 0.4) is 0 Å². The van der Waals surface area contributed by atoms with Crippen LogP contribution in [0.1, 0.15) is 42.5 Å². The summed E-state index contributed by atoms with van der Waals surface area (Å²) < 4.78 is 71.5. The minimum absolute atomic E-state index is 0.0137. The first-order valence-corrected chi connectivity index (χ1v) is 13.4. The van der Waals surface area contributed by atoms with Crippen molar-refractivity contribution in [3.05, 3.63) is 33.1 Å². The molecule has 0 saturated heterocycles. The molecule has 2 aliphatic rings. The number of alkyl halides is 3. The number of rotatable bonds is 6. The maximum absolute atomic E-state index is 13.0. The predicted molar refractivity (Wildman–Crippen MR) is 126 cm³/mol. The third-order valence-electron chi connectivity index (χ3n) is 5.52. The molecule has 3 atom stereocenters. The van der Waals surface area contributed by atoms with Crippen LogP contribution < -0.4 is 0 Å². The highest BCUT2D eigenvalue weighted by atomic mass is 127. The number of sulfonamides is 1. The van der Waals surface area contributed by atoms with Gasteiger partial charge < -0.3 is 9.46 Å². The van der Waals surface area contributed by atoms with Gasteiger partial charge in [-0.25, -0.2) is 13.2 Å². The van der Waals surface area contributed by atoms with Crippen LogP contribution in [-0.2, 0) is 14.8 Å². The van der Waals surface area contributed by atoms with E-state index >= 15 is 0 Å². The van der Waals surface area contributed by atoms with E-state index in [1.165, 1.54) is 0 Å². The zero-order valence-corrected chi connectivity index (χ0v) is 22.1. The maximum atomic E-state index is 13.0. The van der Waals surface area contributed by atoms with Crippen LogP contribution in [0, 0.1) is 22.5 Å². The lowest BCUT2D eigenvalue weighted by molar-refractivity contribution is -0.0520. The number of hydrogen-bond donors (Lipinski definition) is 0. The largest absolute Gasteiger partial charge is 0.541 e. The van der Waals surface area contributed by atoms with E-state index in [4.69, 9.17) is 4.74 Å². The van der Waals surface area contributed by atoms with Gasteiger partial charge in [-0.05, 0) is 124 Å². The third-order valence-corrected chi connectivity index (χ3v) is 10.3. The predicted octanol–water partition coefficient (Wildman–Crippen LogP) is 5.83. The number of carbonyl (C=O) groups is 1. The number of hydrogen-bond acceptors (Lipinski definition) is 4. The van der Waals surface area contributed by atoms with Crippen molar-refractivity contribution in [2.75, 3.05) is 6.54 Å². The van der Waals surface area contributed by atoms with E-state index < -0.39 is 33.6 Å². The van der Waals surface area contributed by atoms with Gasteiger partial charge in [0.05, 0.1) is 5.56 Å². The fourth-order valence-electron chi connectivity index (χ4n) is 4.25. The van der Waals surface area contributed by atoms with Crippen LogP contribution in [0.5, 0.6) is 0 Å². The quantitative estimate of drug-likeness (QED) is 0.208. The van der Waals surface area contributed by atoms with Gasteiger partial charge in [-0.2, -0.15) is 13.2 Å². The van der Waals surface area contributed by atoms with Crippen molar-refractivity contribution >= 4 is 83.8 Å². The first-order chi connectivity index (χ1) is 13.3. The molecule has 0 radical (unpaired) electrons. The molecule has 3 unspecified atom stereocenters. The normalized spacial score (nSPS) is 26.7. The van der Waals surface area contributed by atoms with Crippen LogP contribution in [0.2, 0.25) is 0 Å². The Bertz CT molecular complexity index is 925. The Balaban J connectivity index is 1.79. The Hall–Kier alpha value is 0.580. The summed E-state index contributed by atoms with van der Waals surface area (Å²) >= 11 is 6.29. The fourth-order valence-corrected chi connectivity index (χ4v) is 7.10. The molecule has 3 rings (SSSR count). The van der Waals surface area contributed by atoms with Gasteiger partial charge in [-0.15, -0.1) is 6.54 Å². The van der Waals surface area contributed by atoms with E-state index in [2.05, 4.69) is 72.5 Å². The van der Waals surface area contributed by atoms with Gasteiger partial charge in [0.25, 0.3) is 0 Å². The molecule has 0 N–H and O–H groups in total. The summed E-state index contributed by atoms with van der Waals surface area (Å²) in [6, 6.07) is 3.64. The molecular formula is C17H16F3I3NO4S-. The minimum Gasteiger partial charge on any atom is -0.541 e. The van der Waals surface area contributed by atoms with Gasteiger partial charge >= 0.3 is 11.5 Å². The highest BCUT2D eigenvalue weighted by Crippen LogP contribution is 2.54. The molecule has 0 aromatic heterocycles. The second-order valence-corrected chi connectivity index (χ2v) is 12.5. The van der Waals surface area contributed by atoms with Gasteiger partial charge in [-0.3, -0.25) is 0 Å². The Kier molecular flexibility index (Phi) is 7.39. The van der Waals surface area contributed by atoms with Crippen LogP contribution in [0.25, 0.3) is 4.72 Å². The number of halogens is 6. The van der Waals surface area contributed by atoms with Gasteiger partial charge in [0.1, 0.15) is 5.60 Å². The van der Waals surface area contributed by atoms with Crippen molar-refractivity contribution in [2.24, 2.45) is 11.8 Å². The molecule has 0 aliphatic heterocycles. The summed E-state index contributed by atoms with van der Waals surface area (Å²) in [6.45, 7) is -0.556. The number of carbonyl (C=O) groups excluding carboxylic acids is 1. The van der Waals surface area contributed by atoms with Crippen LogP contribution >= 0.6 is 67.8 Å². The van der Waals surface area contributed by atoms with Gasteiger partial charge in [0.2, 0.25) is 0 Å². The molecule has 1 aromatic carbocycles. The minimum atomic E-state index is -5.55. The van der Waals surface area contributed by atoms with E-state index in [0.717, 1.165) is 30.0 Å². The van der Waals surface area contributed by atoms with Crippen LogP contribution in [0.15, 0.2) is 12.1 Å². The number of fused-ring (bicyclic) bond motifs is 2. The zero-order chi connectivity index (χ0) is 21.6. The topological polar surface area (TPSA) is 74.5 Å². The van der Waals surface area contributed by atoms with Crippen molar-refractivity contribution in [1.29, 1.82) is 0 Å². The third kappa shape index (κ3) is 5.16. The number of benzene rings is 1. The molecular weight excluding hydrogens is 752 g/mol. The highest BCUT2D eigenvalue weighted by Gasteiger charge is 2.53. The summed E-state index contributed by atoms with van der Waals surface area (Å²) in [5.41, 5.74) is -5.98. The number of ether oxygens (including phenoxy) is 1. The summed E-state index contributed by atoms with van der Waals surface area (Å²) in [6.07, 6.45) is 3.13. The number of nitrogens with zero attached hydrogens (tertiary/aromatic N) is 1. The highest BCUT2D eigenvalue weighted by molar-refractivity contribution is 14.1. The second kappa shape index (κ2) is 8.84. The number of esters is 1. The summed E-state index contributed by atoms with van der Waals surface area (Å²) in [5, 5.41) is 0. The smallest absolute Gasteiger partial charge is 0.480 e. The Morgan fingerprint density at radius 1 is 1.24 bits per heavy atom. The molecule has 0 spiro atoms.